The minimum absolute atomic E-state index is 0.105. The number of aromatic nitrogens is 2. The summed E-state index contributed by atoms with van der Waals surface area (Å²) in [6.07, 6.45) is -4.43. The van der Waals surface area contributed by atoms with Gasteiger partial charge in [-0.3, -0.25) is 14.3 Å². The monoisotopic (exact) mass is 477 g/mol. The zero-order valence-corrected chi connectivity index (χ0v) is 19.1. The molecule has 4 rings (SSSR count). The van der Waals surface area contributed by atoms with Crippen LogP contribution in [0.2, 0.25) is 0 Å². The molecule has 0 aliphatic carbocycles. The van der Waals surface area contributed by atoms with Crippen LogP contribution in [0.4, 0.5) is 19.0 Å². The Morgan fingerprint density at radius 1 is 0.886 bits per heavy atom. The van der Waals surface area contributed by atoms with Crippen LogP contribution in [-0.4, -0.2) is 21.5 Å². The first-order valence-corrected chi connectivity index (χ1v) is 10.8. The molecule has 0 radical (unpaired) electrons. The van der Waals surface area contributed by atoms with Crippen LogP contribution in [-0.2, 0) is 12.7 Å². The molecular weight excluding hydrogens is 455 g/mol. The molecule has 0 saturated heterocycles. The van der Waals surface area contributed by atoms with Gasteiger partial charge in [-0.15, -0.1) is 0 Å². The van der Waals surface area contributed by atoms with Gasteiger partial charge < -0.3 is 5.32 Å². The lowest BCUT2D eigenvalue weighted by atomic mass is 9.97. The molecule has 0 unspecified atom stereocenters. The molecule has 3 aromatic carbocycles. The van der Waals surface area contributed by atoms with Gasteiger partial charge in [0.25, 0.3) is 5.91 Å². The van der Waals surface area contributed by atoms with Crippen LogP contribution in [0, 0.1) is 13.8 Å². The summed E-state index contributed by atoms with van der Waals surface area (Å²) in [5.41, 5.74) is 2.29. The third kappa shape index (κ3) is 5.48. The number of nitrogens with zero attached hydrogens (tertiary/aromatic N) is 2. The van der Waals surface area contributed by atoms with Crippen LogP contribution in [0.25, 0.3) is 0 Å². The number of anilines is 1. The Morgan fingerprint density at radius 2 is 1.57 bits per heavy atom. The maximum atomic E-state index is 13.0. The summed E-state index contributed by atoms with van der Waals surface area (Å²) in [6, 6.07) is 20.2. The minimum Gasteiger partial charge on any atom is -0.305 e. The number of aryl methyl sites for hydroxylation is 2. The summed E-state index contributed by atoms with van der Waals surface area (Å²) < 4.78 is 40.6. The van der Waals surface area contributed by atoms with E-state index < -0.39 is 17.6 Å². The van der Waals surface area contributed by atoms with Gasteiger partial charge in [0.15, 0.2) is 11.6 Å². The Kier molecular flexibility index (Phi) is 6.55. The number of amides is 1. The number of carbonyl (C=O) groups is 2. The predicted octanol–water partition coefficient (Wildman–Crippen LogP) is 6.05. The van der Waals surface area contributed by atoms with E-state index in [4.69, 9.17) is 0 Å². The highest BCUT2D eigenvalue weighted by molar-refractivity contribution is 6.17. The normalized spacial score (nSPS) is 11.3. The van der Waals surface area contributed by atoms with Crippen molar-refractivity contribution in [3.05, 3.63) is 118 Å². The first kappa shape index (κ1) is 23.9. The average Bonchev–Trinajstić information content (AvgIpc) is 3.17. The number of carbonyl (C=O) groups excluding carboxylic acids is 2. The zero-order valence-electron chi connectivity index (χ0n) is 19.1. The fourth-order valence-corrected chi connectivity index (χ4v) is 3.67. The van der Waals surface area contributed by atoms with Gasteiger partial charge in [0.2, 0.25) is 0 Å². The van der Waals surface area contributed by atoms with Crippen LogP contribution in [0.5, 0.6) is 0 Å². The highest BCUT2D eigenvalue weighted by Crippen LogP contribution is 2.29. The maximum absolute atomic E-state index is 13.0. The highest BCUT2D eigenvalue weighted by Gasteiger charge is 2.30. The van der Waals surface area contributed by atoms with Gasteiger partial charge in [-0.05, 0) is 37.6 Å². The van der Waals surface area contributed by atoms with E-state index in [2.05, 4.69) is 10.4 Å². The summed E-state index contributed by atoms with van der Waals surface area (Å²) in [5, 5.41) is 7.02. The van der Waals surface area contributed by atoms with Crippen molar-refractivity contribution in [2.45, 2.75) is 26.6 Å². The second kappa shape index (κ2) is 9.58. The second-order valence-corrected chi connectivity index (χ2v) is 8.22. The summed E-state index contributed by atoms with van der Waals surface area (Å²) >= 11 is 0. The summed E-state index contributed by atoms with van der Waals surface area (Å²) in [4.78, 5) is 26.0. The Labute approximate surface area is 200 Å². The molecule has 35 heavy (non-hydrogen) atoms. The van der Waals surface area contributed by atoms with Gasteiger partial charge in [-0.1, -0.05) is 60.2 Å². The first-order valence-electron chi connectivity index (χ1n) is 10.8. The van der Waals surface area contributed by atoms with Crippen LogP contribution in [0.1, 0.15) is 48.7 Å². The standard InChI is InChI=1S/C27H22F3N3O2/c1-17-10-12-20(13-11-17)25(34)22-8-3-4-9-23(22)26(35)31-24-14-18(2)33(32-24)16-19-6-5-7-21(15-19)27(28,29)30/h3-15H,16H2,1-2H3,(H,31,32,35). The number of benzene rings is 3. The van der Waals surface area contributed by atoms with Crippen molar-refractivity contribution in [3.8, 4) is 0 Å². The topological polar surface area (TPSA) is 64.0 Å². The van der Waals surface area contributed by atoms with E-state index in [1.54, 1.807) is 55.5 Å². The van der Waals surface area contributed by atoms with E-state index in [9.17, 15) is 22.8 Å². The number of hydrogen-bond donors (Lipinski definition) is 1. The zero-order chi connectivity index (χ0) is 25.2. The number of hydrogen-bond acceptors (Lipinski definition) is 3. The Hall–Kier alpha value is -4.20. The van der Waals surface area contributed by atoms with E-state index in [-0.39, 0.29) is 29.3 Å². The molecule has 1 N–H and O–H groups in total. The Balaban J connectivity index is 1.54. The third-order valence-corrected chi connectivity index (χ3v) is 5.54. The maximum Gasteiger partial charge on any atom is 0.416 e. The summed E-state index contributed by atoms with van der Waals surface area (Å²) in [6.45, 7) is 3.77. The van der Waals surface area contributed by atoms with Crippen molar-refractivity contribution < 1.29 is 22.8 Å². The van der Waals surface area contributed by atoms with Crippen molar-refractivity contribution >= 4 is 17.5 Å². The van der Waals surface area contributed by atoms with E-state index in [1.807, 2.05) is 19.1 Å². The fraction of sp³-hybridized carbons (Fsp3) is 0.148. The van der Waals surface area contributed by atoms with E-state index in [0.717, 1.165) is 17.7 Å². The van der Waals surface area contributed by atoms with Gasteiger partial charge in [0.1, 0.15) is 0 Å². The fourth-order valence-electron chi connectivity index (χ4n) is 3.67. The molecular formula is C27H22F3N3O2. The van der Waals surface area contributed by atoms with Gasteiger partial charge in [-0.25, -0.2) is 0 Å². The average molecular weight is 477 g/mol. The van der Waals surface area contributed by atoms with Gasteiger partial charge in [-0.2, -0.15) is 18.3 Å². The lowest BCUT2D eigenvalue weighted by Crippen LogP contribution is -2.17. The molecule has 0 bridgehead atoms. The molecule has 0 saturated carbocycles. The van der Waals surface area contributed by atoms with E-state index >= 15 is 0 Å². The SMILES string of the molecule is Cc1ccc(C(=O)c2ccccc2C(=O)Nc2cc(C)n(Cc3cccc(C(F)(F)F)c3)n2)cc1. The van der Waals surface area contributed by atoms with Crippen molar-refractivity contribution in [1.29, 1.82) is 0 Å². The number of nitrogens with one attached hydrogen (secondary N) is 1. The van der Waals surface area contributed by atoms with Crippen molar-refractivity contribution in [1.82, 2.24) is 9.78 Å². The van der Waals surface area contributed by atoms with Crippen LogP contribution in [0.3, 0.4) is 0 Å². The number of alkyl halides is 3. The largest absolute Gasteiger partial charge is 0.416 e. The summed E-state index contributed by atoms with van der Waals surface area (Å²) in [5.74, 6) is -0.552. The van der Waals surface area contributed by atoms with Crippen molar-refractivity contribution in [3.63, 3.8) is 0 Å². The molecule has 1 aromatic heterocycles. The van der Waals surface area contributed by atoms with E-state index in [1.165, 1.54) is 10.7 Å². The molecule has 0 fully saturated rings. The molecule has 0 aliphatic heterocycles. The van der Waals surface area contributed by atoms with Gasteiger partial charge >= 0.3 is 6.18 Å². The molecule has 5 nitrogen and oxygen atoms in total. The Morgan fingerprint density at radius 3 is 2.26 bits per heavy atom. The van der Waals surface area contributed by atoms with Gasteiger partial charge in [0.05, 0.1) is 17.7 Å². The van der Waals surface area contributed by atoms with Crippen LogP contribution < -0.4 is 5.32 Å². The lowest BCUT2D eigenvalue weighted by Gasteiger charge is -2.10. The van der Waals surface area contributed by atoms with Gasteiger partial charge in [0, 0.05) is 22.9 Å². The number of halogens is 3. The molecule has 4 aromatic rings. The van der Waals surface area contributed by atoms with Crippen LogP contribution in [0.15, 0.2) is 78.9 Å². The van der Waals surface area contributed by atoms with Crippen LogP contribution >= 0.6 is 0 Å². The third-order valence-electron chi connectivity index (χ3n) is 5.54. The van der Waals surface area contributed by atoms with E-state index in [0.29, 0.717) is 16.8 Å². The molecule has 1 amide bonds. The molecule has 178 valence electrons. The molecule has 0 aliphatic rings. The molecule has 0 atom stereocenters. The molecule has 1 heterocycles. The second-order valence-electron chi connectivity index (χ2n) is 8.22. The molecule has 8 heteroatoms. The molecule has 0 spiro atoms. The van der Waals surface area contributed by atoms with Crippen molar-refractivity contribution in [2.24, 2.45) is 0 Å². The lowest BCUT2D eigenvalue weighted by molar-refractivity contribution is -0.137. The summed E-state index contributed by atoms with van der Waals surface area (Å²) in [7, 11) is 0. The first-order chi connectivity index (χ1) is 16.6. The van der Waals surface area contributed by atoms with Crippen molar-refractivity contribution in [2.75, 3.05) is 5.32 Å². The number of rotatable bonds is 6. The Bertz CT molecular complexity index is 1390. The predicted molar refractivity (Wildman–Crippen MR) is 127 cm³/mol. The quantitative estimate of drug-likeness (QED) is 0.344. The number of ketones is 1. The smallest absolute Gasteiger partial charge is 0.305 e. The highest BCUT2D eigenvalue weighted by atomic mass is 19.4. The minimum atomic E-state index is -4.43.